The first-order valence-corrected chi connectivity index (χ1v) is 8.93. The summed E-state index contributed by atoms with van der Waals surface area (Å²) in [6.45, 7) is 2.49. The van der Waals surface area contributed by atoms with Gasteiger partial charge in [-0.15, -0.1) is 0 Å². The van der Waals surface area contributed by atoms with E-state index in [4.69, 9.17) is 0 Å². The fourth-order valence-electron chi connectivity index (χ4n) is 2.49. The lowest BCUT2D eigenvalue weighted by atomic mass is 10.2. The summed E-state index contributed by atoms with van der Waals surface area (Å²) in [5.74, 6) is 0.0896. The van der Waals surface area contributed by atoms with E-state index in [9.17, 15) is 4.79 Å². The molecule has 0 fully saturated rings. The van der Waals surface area contributed by atoms with E-state index in [1.807, 2.05) is 73.4 Å². The number of pyridine rings is 1. The van der Waals surface area contributed by atoms with Crippen LogP contribution < -0.4 is 0 Å². The summed E-state index contributed by atoms with van der Waals surface area (Å²) < 4.78 is 1.81. The highest BCUT2D eigenvalue weighted by atomic mass is 32.2. The number of amides is 1. The van der Waals surface area contributed by atoms with Crippen LogP contribution in [-0.2, 0) is 11.3 Å². The van der Waals surface area contributed by atoms with Crippen LogP contribution in [0.4, 0.5) is 0 Å². The maximum absolute atomic E-state index is 12.6. The molecule has 1 aromatic carbocycles. The molecule has 1 atom stereocenters. The van der Waals surface area contributed by atoms with Gasteiger partial charge in [0, 0.05) is 32.2 Å². The Morgan fingerprint density at radius 3 is 2.60 bits per heavy atom. The van der Waals surface area contributed by atoms with E-state index in [1.165, 1.54) is 11.8 Å². The fourth-order valence-corrected chi connectivity index (χ4v) is 3.41. The second kappa shape index (κ2) is 7.98. The number of benzene rings is 1. The Morgan fingerprint density at radius 1 is 1.16 bits per heavy atom. The van der Waals surface area contributed by atoms with Crippen molar-refractivity contribution in [2.24, 2.45) is 0 Å². The Morgan fingerprint density at radius 2 is 1.96 bits per heavy atom. The molecule has 0 aliphatic rings. The third kappa shape index (κ3) is 4.48. The number of hydrogen-bond donors (Lipinski definition) is 0. The predicted octanol–water partition coefficient (Wildman–Crippen LogP) is 3.41. The Bertz CT molecular complexity index is 803. The maximum Gasteiger partial charge on any atom is 0.235 e. The van der Waals surface area contributed by atoms with Gasteiger partial charge in [-0.25, -0.2) is 9.67 Å². The molecule has 0 saturated heterocycles. The first kappa shape index (κ1) is 17.2. The molecule has 5 nitrogen and oxygen atoms in total. The highest BCUT2D eigenvalue weighted by molar-refractivity contribution is 8.00. The smallest absolute Gasteiger partial charge is 0.235 e. The van der Waals surface area contributed by atoms with Gasteiger partial charge >= 0.3 is 0 Å². The molecule has 128 valence electrons. The second-order valence-corrected chi connectivity index (χ2v) is 7.10. The molecular weight excluding hydrogens is 332 g/mol. The van der Waals surface area contributed by atoms with E-state index in [2.05, 4.69) is 10.1 Å². The summed E-state index contributed by atoms with van der Waals surface area (Å²) in [4.78, 5) is 18.6. The van der Waals surface area contributed by atoms with Crippen molar-refractivity contribution in [1.82, 2.24) is 19.7 Å². The van der Waals surface area contributed by atoms with Crippen LogP contribution in [0, 0.1) is 0 Å². The van der Waals surface area contributed by atoms with Gasteiger partial charge in [-0.3, -0.25) is 4.79 Å². The van der Waals surface area contributed by atoms with Gasteiger partial charge in [0.25, 0.3) is 0 Å². The highest BCUT2D eigenvalue weighted by Crippen LogP contribution is 2.22. The molecule has 0 unspecified atom stereocenters. The fraction of sp³-hybridized carbons (Fsp3) is 0.211. The van der Waals surface area contributed by atoms with Gasteiger partial charge in [-0.05, 0) is 42.8 Å². The minimum Gasteiger partial charge on any atom is -0.340 e. The lowest BCUT2D eigenvalue weighted by Gasteiger charge is -2.21. The zero-order chi connectivity index (χ0) is 17.6. The number of aromatic nitrogens is 3. The average molecular weight is 352 g/mol. The zero-order valence-electron chi connectivity index (χ0n) is 14.2. The van der Waals surface area contributed by atoms with E-state index >= 15 is 0 Å². The van der Waals surface area contributed by atoms with Crippen LogP contribution in [0.2, 0.25) is 0 Å². The Hall–Kier alpha value is -2.60. The lowest BCUT2D eigenvalue weighted by Crippen LogP contribution is -2.32. The molecule has 1 amide bonds. The third-order valence-electron chi connectivity index (χ3n) is 3.78. The summed E-state index contributed by atoms with van der Waals surface area (Å²) in [6.07, 6.45) is 5.40. The molecule has 3 aromatic rings. The molecular formula is C19H20N4OS. The number of rotatable bonds is 6. The lowest BCUT2D eigenvalue weighted by molar-refractivity contribution is -0.129. The van der Waals surface area contributed by atoms with E-state index in [0.29, 0.717) is 6.54 Å². The van der Waals surface area contributed by atoms with Crippen LogP contribution in [-0.4, -0.2) is 37.9 Å². The van der Waals surface area contributed by atoms with Crippen LogP contribution in [0.25, 0.3) is 5.69 Å². The first-order valence-electron chi connectivity index (χ1n) is 8.05. The SMILES string of the molecule is C[C@H](Sc1ccccn1)C(=O)N(C)Cc1ccc(-n2cccn2)cc1. The standard InChI is InChI=1S/C19H20N4OS/c1-15(25-18-6-3-4-11-20-18)19(24)22(2)14-16-7-9-17(10-8-16)23-13-5-12-21-23/h3-13,15H,14H2,1-2H3/t15-/m0/s1. The van der Waals surface area contributed by atoms with Crippen LogP contribution in [0.15, 0.2) is 72.1 Å². The molecule has 2 aromatic heterocycles. The summed E-state index contributed by atoms with van der Waals surface area (Å²) >= 11 is 1.48. The molecule has 0 radical (unpaired) electrons. The van der Waals surface area contributed by atoms with Gasteiger partial charge in [0.15, 0.2) is 0 Å². The molecule has 0 saturated carbocycles. The molecule has 0 aliphatic carbocycles. The second-order valence-electron chi connectivity index (χ2n) is 5.74. The zero-order valence-corrected chi connectivity index (χ0v) is 15.1. The Kier molecular flexibility index (Phi) is 5.50. The van der Waals surface area contributed by atoms with E-state index < -0.39 is 0 Å². The van der Waals surface area contributed by atoms with E-state index in [1.54, 1.807) is 17.3 Å². The molecule has 0 bridgehead atoms. The molecule has 3 rings (SSSR count). The average Bonchev–Trinajstić information content (AvgIpc) is 3.17. The monoisotopic (exact) mass is 352 g/mol. The quantitative estimate of drug-likeness (QED) is 0.638. The van der Waals surface area contributed by atoms with Crippen LogP contribution in [0.5, 0.6) is 0 Å². The number of hydrogen-bond acceptors (Lipinski definition) is 4. The highest BCUT2D eigenvalue weighted by Gasteiger charge is 2.19. The van der Waals surface area contributed by atoms with Gasteiger partial charge in [-0.2, -0.15) is 5.10 Å². The van der Waals surface area contributed by atoms with Gasteiger partial charge in [0.2, 0.25) is 5.91 Å². The number of carbonyl (C=O) groups excluding carboxylic acids is 1. The summed E-state index contributed by atoms with van der Waals surface area (Å²) in [5, 5.41) is 4.90. The molecule has 0 N–H and O–H groups in total. The van der Waals surface area contributed by atoms with Crippen molar-refractivity contribution in [2.75, 3.05) is 7.05 Å². The maximum atomic E-state index is 12.6. The minimum absolute atomic E-state index is 0.0896. The summed E-state index contributed by atoms with van der Waals surface area (Å²) in [6, 6.07) is 15.7. The van der Waals surface area contributed by atoms with Crippen molar-refractivity contribution in [1.29, 1.82) is 0 Å². The van der Waals surface area contributed by atoms with Crippen LogP contribution >= 0.6 is 11.8 Å². The summed E-state index contributed by atoms with van der Waals surface area (Å²) in [5.41, 5.74) is 2.09. The van der Waals surface area contributed by atoms with Crippen molar-refractivity contribution in [3.8, 4) is 5.69 Å². The van der Waals surface area contributed by atoms with Crippen LogP contribution in [0.1, 0.15) is 12.5 Å². The van der Waals surface area contributed by atoms with Crippen molar-refractivity contribution in [3.63, 3.8) is 0 Å². The Labute approximate surface area is 151 Å². The van der Waals surface area contributed by atoms with Gasteiger partial charge in [0.1, 0.15) is 0 Å². The normalized spacial score (nSPS) is 11.9. The van der Waals surface area contributed by atoms with E-state index in [0.717, 1.165) is 16.3 Å². The van der Waals surface area contributed by atoms with Crippen molar-refractivity contribution in [2.45, 2.75) is 23.7 Å². The minimum atomic E-state index is -0.178. The molecule has 25 heavy (non-hydrogen) atoms. The van der Waals surface area contributed by atoms with Gasteiger partial charge in [0.05, 0.1) is 16.0 Å². The number of nitrogens with zero attached hydrogens (tertiary/aromatic N) is 4. The van der Waals surface area contributed by atoms with Crippen molar-refractivity contribution >= 4 is 17.7 Å². The Balaban J connectivity index is 1.59. The summed E-state index contributed by atoms with van der Waals surface area (Å²) in [7, 11) is 1.83. The molecule has 2 heterocycles. The first-order chi connectivity index (χ1) is 12.1. The topological polar surface area (TPSA) is 51.0 Å². The molecule has 0 aliphatic heterocycles. The van der Waals surface area contributed by atoms with E-state index in [-0.39, 0.29) is 11.2 Å². The van der Waals surface area contributed by atoms with Crippen molar-refractivity contribution < 1.29 is 4.79 Å². The van der Waals surface area contributed by atoms with Crippen LogP contribution in [0.3, 0.4) is 0 Å². The largest absolute Gasteiger partial charge is 0.340 e. The third-order valence-corrected chi connectivity index (χ3v) is 4.82. The molecule has 0 spiro atoms. The molecule has 6 heteroatoms. The van der Waals surface area contributed by atoms with Gasteiger partial charge < -0.3 is 4.90 Å². The number of carbonyl (C=O) groups is 1. The van der Waals surface area contributed by atoms with Crippen molar-refractivity contribution in [3.05, 3.63) is 72.7 Å². The number of thioether (sulfide) groups is 1. The predicted molar refractivity (Wildman–Crippen MR) is 99.6 cm³/mol. The van der Waals surface area contributed by atoms with Gasteiger partial charge in [-0.1, -0.05) is 30.0 Å².